The van der Waals surface area contributed by atoms with Crippen LogP contribution in [-0.4, -0.2) is 15.9 Å². The van der Waals surface area contributed by atoms with Gasteiger partial charge in [0, 0.05) is 18.5 Å². The number of aromatic amines is 1. The molecule has 0 radical (unpaired) electrons. The number of carbonyl (C=O) groups excluding carboxylic acids is 1. The number of para-hydroxylation sites is 2. The fourth-order valence-electron chi connectivity index (χ4n) is 2.32. The van der Waals surface area contributed by atoms with Crippen molar-refractivity contribution in [2.24, 2.45) is 0 Å². The number of hydrogen-bond donors (Lipinski definition) is 2. The number of aryl methyl sites for hydroxylation is 1. The van der Waals surface area contributed by atoms with E-state index in [2.05, 4.69) is 15.3 Å². The summed E-state index contributed by atoms with van der Waals surface area (Å²) < 4.78 is 0. The number of benzene rings is 2. The van der Waals surface area contributed by atoms with E-state index in [1.807, 2.05) is 24.3 Å². The van der Waals surface area contributed by atoms with Gasteiger partial charge in [0.2, 0.25) is 5.91 Å². The molecule has 3 aromatic rings. The molecule has 0 aliphatic heterocycles. The van der Waals surface area contributed by atoms with Crippen molar-refractivity contribution < 1.29 is 4.79 Å². The van der Waals surface area contributed by atoms with Crippen molar-refractivity contribution in [2.75, 3.05) is 5.32 Å². The Hall–Kier alpha value is -3.46. The Labute approximate surface area is 137 Å². The van der Waals surface area contributed by atoms with Crippen LogP contribution in [0.5, 0.6) is 0 Å². The Bertz CT molecular complexity index is 984. The Morgan fingerprint density at radius 2 is 1.92 bits per heavy atom. The average molecular weight is 318 g/mol. The number of fused-ring (bicyclic) bond motifs is 1. The van der Waals surface area contributed by atoms with Gasteiger partial charge < -0.3 is 10.3 Å². The molecule has 3 rings (SSSR count). The van der Waals surface area contributed by atoms with Crippen molar-refractivity contribution in [1.82, 2.24) is 9.97 Å². The predicted molar refractivity (Wildman–Crippen MR) is 90.5 cm³/mol. The maximum absolute atomic E-state index is 12.0. The van der Waals surface area contributed by atoms with Gasteiger partial charge in [-0.05, 0) is 36.4 Å². The minimum absolute atomic E-state index is 0.147. The highest BCUT2D eigenvalue weighted by Gasteiger charge is 2.08. The molecule has 2 aromatic carbocycles. The van der Waals surface area contributed by atoms with E-state index >= 15 is 0 Å². The number of nitrogens with zero attached hydrogens (tertiary/aromatic N) is 2. The molecule has 118 valence electrons. The minimum Gasteiger partial charge on any atom is -0.326 e. The standard InChI is InChI=1S/C18H14N4O2/c19-11-12-5-7-13(8-6-12)20-17(23)10-9-16-18(24)22-15-4-2-1-3-14(15)21-16/h1-8H,9-10H2,(H,20,23)(H,22,24). The van der Waals surface area contributed by atoms with Crippen LogP contribution in [0.4, 0.5) is 5.69 Å². The molecular formula is C18H14N4O2. The number of carbonyl (C=O) groups is 1. The summed E-state index contributed by atoms with van der Waals surface area (Å²) in [5, 5.41) is 11.5. The predicted octanol–water partition coefficient (Wildman–Crippen LogP) is 2.37. The van der Waals surface area contributed by atoms with Gasteiger partial charge in [0.1, 0.15) is 5.69 Å². The van der Waals surface area contributed by atoms with Crippen LogP contribution in [0.15, 0.2) is 53.3 Å². The van der Waals surface area contributed by atoms with Gasteiger partial charge in [0.25, 0.3) is 5.56 Å². The van der Waals surface area contributed by atoms with Gasteiger partial charge in [-0.25, -0.2) is 4.98 Å². The topological polar surface area (TPSA) is 98.6 Å². The molecule has 1 amide bonds. The van der Waals surface area contributed by atoms with Crippen molar-refractivity contribution in [3.05, 3.63) is 70.1 Å². The molecule has 0 unspecified atom stereocenters. The molecule has 2 N–H and O–H groups in total. The molecule has 1 aromatic heterocycles. The highest BCUT2D eigenvalue weighted by Crippen LogP contribution is 2.10. The highest BCUT2D eigenvalue weighted by atomic mass is 16.1. The second kappa shape index (κ2) is 6.75. The molecule has 0 aliphatic carbocycles. The summed E-state index contributed by atoms with van der Waals surface area (Å²) in [5.74, 6) is -0.214. The van der Waals surface area contributed by atoms with Gasteiger partial charge in [-0.2, -0.15) is 5.26 Å². The number of H-pyrrole nitrogens is 1. The van der Waals surface area contributed by atoms with Gasteiger partial charge in [0.15, 0.2) is 0 Å². The zero-order chi connectivity index (χ0) is 16.9. The van der Waals surface area contributed by atoms with Crippen LogP contribution in [0.2, 0.25) is 0 Å². The number of anilines is 1. The van der Waals surface area contributed by atoms with Crippen molar-refractivity contribution in [3.8, 4) is 6.07 Å². The number of nitrogens with one attached hydrogen (secondary N) is 2. The SMILES string of the molecule is N#Cc1ccc(NC(=O)CCc2nc3ccccc3[nH]c2=O)cc1. The smallest absolute Gasteiger partial charge is 0.270 e. The molecule has 24 heavy (non-hydrogen) atoms. The zero-order valence-electron chi connectivity index (χ0n) is 12.7. The maximum Gasteiger partial charge on any atom is 0.270 e. The zero-order valence-corrected chi connectivity index (χ0v) is 12.7. The number of aromatic nitrogens is 2. The first kappa shape index (κ1) is 15.4. The van der Waals surface area contributed by atoms with Crippen LogP contribution in [-0.2, 0) is 11.2 Å². The third-order valence-electron chi connectivity index (χ3n) is 3.56. The Morgan fingerprint density at radius 1 is 1.17 bits per heavy atom. The number of hydrogen-bond acceptors (Lipinski definition) is 4. The van der Waals surface area contributed by atoms with Crippen LogP contribution < -0.4 is 10.9 Å². The van der Waals surface area contributed by atoms with E-state index in [0.29, 0.717) is 28.0 Å². The van der Waals surface area contributed by atoms with E-state index in [1.54, 1.807) is 30.3 Å². The van der Waals surface area contributed by atoms with Crippen LogP contribution in [0.3, 0.4) is 0 Å². The summed E-state index contributed by atoms with van der Waals surface area (Å²) in [5.41, 5.74) is 2.57. The lowest BCUT2D eigenvalue weighted by Gasteiger charge is -2.05. The summed E-state index contributed by atoms with van der Waals surface area (Å²) >= 11 is 0. The Kier molecular flexibility index (Phi) is 4.34. The third-order valence-corrected chi connectivity index (χ3v) is 3.56. The normalized spacial score (nSPS) is 10.3. The van der Waals surface area contributed by atoms with Crippen molar-refractivity contribution in [2.45, 2.75) is 12.8 Å². The van der Waals surface area contributed by atoms with Crippen LogP contribution >= 0.6 is 0 Å². The second-order valence-corrected chi connectivity index (χ2v) is 5.27. The first-order valence-corrected chi connectivity index (χ1v) is 7.43. The summed E-state index contributed by atoms with van der Waals surface area (Å²) in [6.07, 6.45) is 0.400. The van der Waals surface area contributed by atoms with E-state index in [-0.39, 0.29) is 24.3 Å². The summed E-state index contributed by atoms with van der Waals surface area (Å²) in [4.78, 5) is 31.1. The molecule has 6 nitrogen and oxygen atoms in total. The quantitative estimate of drug-likeness (QED) is 0.771. The second-order valence-electron chi connectivity index (χ2n) is 5.27. The van der Waals surface area contributed by atoms with E-state index < -0.39 is 0 Å². The fourth-order valence-corrected chi connectivity index (χ4v) is 2.32. The summed E-state index contributed by atoms with van der Waals surface area (Å²) in [6.45, 7) is 0. The highest BCUT2D eigenvalue weighted by molar-refractivity contribution is 5.90. The van der Waals surface area contributed by atoms with E-state index in [9.17, 15) is 9.59 Å². The van der Waals surface area contributed by atoms with E-state index in [1.165, 1.54) is 0 Å². The molecular weight excluding hydrogens is 304 g/mol. The largest absolute Gasteiger partial charge is 0.326 e. The van der Waals surface area contributed by atoms with Crippen molar-refractivity contribution >= 4 is 22.6 Å². The number of rotatable bonds is 4. The Morgan fingerprint density at radius 3 is 2.67 bits per heavy atom. The number of amides is 1. The molecule has 0 saturated carbocycles. The van der Waals surface area contributed by atoms with Crippen molar-refractivity contribution in [1.29, 1.82) is 5.26 Å². The van der Waals surface area contributed by atoms with Crippen LogP contribution in [0, 0.1) is 11.3 Å². The molecule has 1 heterocycles. The lowest BCUT2D eigenvalue weighted by atomic mass is 10.2. The molecule has 0 bridgehead atoms. The van der Waals surface area contributed by atoms with Gasteiger partial charge in [-0.3, -0.25) is 9.59 Å². The molecule has 0 spiro atoms. The van der Waals surface area contributed by atoms with E-state index in [4.69, 9.17) is 5.26 Å². The molecule has 6 heteroatoms. The Balaban J connectivity index is 1.66. The monoisotopic (exact) mass is 318 g/mol. The van der Waals surface area contributed by atoms with Gasteiger partial charge in [-0.1, -0.05) is 12.1 Å². The van der Waals surface area contributed by atoms with E-state index in [0.717, 1.165) is 0 Å². The molecule has 0 fully saturated rings. The van der Waals surface area contributed by atoms with Gasteiger partial charge in [0.05, 0.1) is 22.7 Å². The lowest BCUT2D eigenvalue weighted by molar-refractivity contribution is -0.116. The maximum atomic E-state index is 12.0. The van der Waals surface area contributed by atoms with Crippen LogP contribution in [0.25, 0.3) is 11.0 Å². The van der Waals surface area contributed by atoms with Gasteiger partial charge >= 0.3 is 0 Å². The number of nitriles is 1. The summed E-state index contributed by atoms with van der Waals surface area (Å²) in [7, 11) is 0. The first-order chi connectivity index (χ1) is 11.7. The fraction of sp³-hybridized carbons (Fsp3) is 0.111. The van der Waals surface area contributed by atoms with Crippen LogP contribution in [0.1, 0.15) is 17.7 Å². The molecule has 0 saturated heterocycles. The first-order valence-electron chi connectivity index (χ1n) is 7.43. The van der Waals surface area contributed by atoms with Gasteiger partial charge in [-0.15, -0.1) is 0 Å². The third kappa shape index (κ3) is 3.47. The minimum atomic E-state index is -0.278. The van der Waals surface area contributed by atoms with Crippen molar-refractivity contribution in [3.63, 3.8) is 0 Å². The summed E-state index contributed by atoms with van der Waals surface area (Å²) in [6, 6.07) is 15.9. The average Bonchev–Trinajstić information content (AvgIpc) is 2.60. The molecule has 0 aliphatic rings. The lowest BCUT2D eigenvalue weighted by Crippen LogP contribution is -2.19. The molecule has 0 atom stereocenters.